The summed E-state index contributed by atoms with van der Waals surface area (Å²) in [6.07, 6.45) is 5.20. The van der Waals surface area contributed by atoms with Gasteiger partial charge in [0.2, 0.25) is 10.0 Å². The summed E-state index contributed by atoms with van der Waals surface area (Å²) in [6.45, 7) is 8.16. The highest BCUT2D eigenvalue weighted by atomic mass is 32.2. The lowest BCUT2D eigenvalue weighted by atomic mass is 9.94. The van der Waals surface area contributed by atoms with Crippen molar-refractivity contribution >= 4 is 15.9 Å². The molecule has 1 aromatic carbocycles. The van der Waals surface area contributed by atoms with Gasteiger partial charge in [-0.25, -0.2) is 8.42 Å². The third kappa shape index (κ3) is 4.37. The first-order valence-corrected chi connectivity index (χ1v) is 11.7. The number of benzene rings is 1. The molecule has 0 aromatic heterocycles. The van der Waals surface area contributed by atoms with Gasteiger partial charge in [0.1, 0.15) is 0 Å². The fourth-order valence-electron chi connectivity index (χ4n) is 4.60. The Morgan fingerprint density at radius 1 is 1.15 bits per heavy atom. The predicted molar refractivity (Wildman–Crippen MR) is 107 cm³/mol. The number of rotatable bonds is 4. The highest BCUT2D eigenvalue weighted by Gasteiger charge is 2.32. The molecule has 2 saturated heterocycles. The second-order valence-corrected chi connectivity index (χ2v) is 10.3. The molecule has 1 aromatic rings. The average Bonchev–Trinajstić information content (AvgIpc) is 2.66. The monoisotopic (exact) mass is 392 g/mol. The van der Waals surface area contributed by atoms with Crippen molar-refractivity contribution in [3.05, 3.63) is 29.8 Å². The summed E-state index contributed by atoms with van der Waals surface area (Å²) in [5.74, 6) is 0.665. The summed E-state index contributed by atoms with van der Waals surface area (Å²) in [7, 11) is -3.57. The van der Waals surface area contributed by atoms with E-state index in [1.807, 2.05) is 4.90 Å². The molecule has 0 radical (unpaired) electrons. The van der Waals surface area contributed by atoms with E-state index in [1.54, 1.807) is 28.6 Å². The lowest BCUT2D eigenvalue weighted by Crippen LogP contribution is -2.44. The lowest BCUT2D eigenvalue weighted by Gasteiger charge is -2.35. The SMILES string of the molecule is CCC1CCCCN1C(=O)c1cccc(S(=O)(=O)N2CC(C)CC(C)C2)c1. The van der Waals surface area contributed by atoms with Crippen LogP contribution in [0.3, 0.4) is 0 Å². The van der Waals surface area contributed by atoms with E-state index in [1.165, 1.54) is 0 Å². The summed E-state index contributed by atoms with van der Waals surface area (Å²) >= 11 is 0. The molecule has 0 aliphatic carbocycles. The fourth-order valence-corrected chi connectivity index (χ4v) is 6.32. The normalized spacial score (nSPS) is 27.5. The molecule has 2 heterocycles. The van der Waals surface area contributed by atoms with Gasteiger partial charge in [0.15, 0.2) is 0 Å². The van der Waals surface area contributed by atoms with E-state index in [-0.39, 0.29) is 16.8 Å². The van der Waals surface area contributed by atoms with Gasteiger partial charge in [-0.15, -0.1) is 0 Å². The number of amides is 1. The van der Waals surface area contributed by atoms with Crippen LogP contribution in [0, 0.1) is 11.8 Å². The minimum absolute atomic E-state index is 0.0426. The van der Waals surface area contributed by atoms with Crippen molar-refractivity contribution < 1.29 is 13.2 Å². The zero-order valence-electron chi connectivity index (χ0n) is 16.7. The van der Waals surface area contributed by atoms with Gasteiger partial charge in [0.05, 0.1) is 4.90 Å². The summed E-state index contributed by atoms with van der Waals surface area (Å²) in [5.41, 5.74) is 0.481. The molecule has 2 fully saturated rings. The maximum atomic E-state index is 13.2. The van der Waals surface area contributed by atoms with Crippen molar-refractivity contribution in [3.8, 4) is 0 Å². The number of carbonyl (C=O) groups is 1. The van der Waals surface area contributed by atoms with Gasteiger partial charge >= 0.3 is 0 Å². The van der Waals surface area contributed by atoms with Crippen molar-refractivity contribution in [3.63, 3.8) is 0 Å². The molecule has 3 rings (SSSR count). The Bertz CT molecular complexity index is 767. The highest BCUT2D eigenvalue weighted by Crippen LogP contribution is 2.28. The fraction of sp³-hybridized carbons (Fsp3) is 0.667. The van der Waals surface area contributed by atoms with Crippen LogP contribution >= 0.6 is 0 Å². The molecule has 3 atom stereocenters. The summed E-state index contributed by atoms with van der Waals surface area (Å²) in [4.78, 5) is 15.2. The number of sulfonamides is 1. The first-order valence-electron chi connectivity index (χ1n) is 10.2. The van der Waals surface area contributed by atoms with Crippen LogP contribution in [0.5, 0.6) is 0 Å². The van der Waals surface area contributed by atoms with Crippen molar-refractivity contribution in [2.24, 2.45) is 11.8 Å². The lowest BCUT2D eigenvalue weighted by molar-refractivity contribution is 0.0608. The molecule has 3 unspecified atom stereocenters. The van der Waals surface area contributed by atoms with E-state index in [2.05, 4.69) is 20.8 Å². The number of nitrogens with zero attached hydrogens (tertiary/aromatic N) is 2. The smallest absolute Gasteiger partial charge is 0.254 e. The summed E-state index contributed by atoms with van der Waals surface area (Å²) < 4.78 is 27.9. The van der Waals surface area contributed by atoms with Crippen LogP contribution in [0.25, 0.3) is 0 Å². The first kappa shape index (κ1) is 20.3. The molecule has 5 nitrogen and oxygen atoms in total. The van der Waals surface area contributed by atoms with Crippen LogP contribution in [0.4, 0.5) is 0 Å². The van der Waals surface area contributed by atoms with E-state index in [0.717, 1.165) is 38.6 Å². The largest absolute Gasteiger partial charge is 0.336 e. The Kier molecular flexibility index (Phi) is 6.26. The number of hydrogen-bond acceptors (Lipinski definition) is 3. The zero-order valence-corrected chi connectivity index (χ0v) is 17.5. The number of piperidine rings is 2. The molecular formula is C21H32N2O3S. The van der Waals surface area contributed by atoms with Gasteiger partial charge in [0.25, 0.3) is 5.91 Å². The van der Waals surface area contributed by atoms with Crippen LogP contribution in [-0.2, 0) is 10.0 Å². The van der Waals surface area contributed by atoms with Crippen molar-refractivity contribution in [2.45, 2.75) is 63.8 Å². The molecule has 2 aliphatic rings. The highest BCUT2D eigenvalue weighted by molar-refractivity contribution is 7.89. The Hall–Kier alpha value is -1.40. The molecule has 0 N–H and O–H groups in total. The molecule has 2 aliphatic heterocycles. The van der Waals surface area contributed by atoms with Gasteiger partial charge in [-0.3, -0.25) is 4.79 Å². The maximum absolute atomic E-state index is 13.2. The number of carbonyl (C=O) groups excluding carboxylic acids is 1. The second-order valence-electron chi connectivity index (χ2n) is 8.35. The van der Waals surface area contributed by atoms with Gasteiger partial charge < -0.3 is 4.90 Å². The molecule has 27 heavy (non-hydrogen) atoms. The van der Waals surface area contributed by atoms with Crippen LogP contribution in [0.1, 0.15) is 63.2 Å². The first-order chi connectivity index (χ1) is 12.8. The Morgan fingerprint density at radius 3 is 2.52 bits per heavy atom. The molecule has 0 bridgehead atoms. The predicted octanol–water partition coefficient (Wildman–Crippen LogP) is 3.76. The molecule has 0 saturated carbocycles. The van der Waals surface area contributed by atoms with Gasteiger partial charge in [0, 0.05) is 31.2 Å². The van der Waals surface area contributed by atoms with Crippen LogP contribution in [0.2, 0.25) is 0 Å². The van der Waals surface area contributed by atoms with E-state index in [0.29, 0.717) is 30.5 Å². The molecule has 150 valence electrons. The van der Waals surface area contributed by atoms with Crippen LogP contribution in [0.15, 0.2) is 29.2 Å². The minimum atomic E-state index is -3.57. The third-order valence-electron chi connectivity index (χ3n) is 5.91. The molecule has 0 spiro atoms. The third-order valence-corrected chi connectivity index (χ3v) is 7.74. The van der Waals surface area contributed by atoms with Gasteiger partial charge in [-0.1, -0.05) is 26.8 Å². The molecule has 1 amide bonds. The minimum Gasteiger partial charge on any atom is -0.336 e. The van der Waals surface area contributed by atoms with E-state index in [9.17, 15) is 13.2 Å². The van der Waals surface area contributed by atoms with Gasteiger partial charge in [-0.05, 0) is 62.1 Å². The maximum Gasteiger partial charge on any atom is 0.254 e. The van der Waals surface area contributed by atoms with Crippen molar-refractivity contribution in [2.75, 3.05) is 19.6 Å². The van der Waals surface area contributed by atoms with E-state index < -0.39 is 10.0 Å². The topological polar surface area (TPSA) is 57.7 Å². The van der Waals surface area contributed by atoms with Crippen LogP contribution in [-0.4, -0.2) is 49.2 Å². The average molecular weight is 393 g/mol. The molecular weight excluding hydrogens is 360 g/mol. The Morgan fingerprint density at radius 2 is 1.85 bits per heavy atom. The zero-order chi connectivity index (χ0) is 19.6. The standard InChI is InChI=1S/C21H32N2O3S/c1-4-19-9-5-6-11-23(19)21(24)18-8-7-10-20(13-18)27(25,26)22-14-16(2)12-17(3)15-22/h7-8,10,13,16-17,19H,4-6,9,11-12,14-15H2,1-3H3. The van der Waals surface area contributed by atoms with Crippen LogP contribution < -0.4 is 0 Å². The summed E-state index contributed by atoms with van der Waals surface area (Å²) in [6, 6.07) is 6.88. The number of hydrogen-bond donors (Lipinski definition) is 0. The van der Waals surface area contributed by atoms with E-state index >= 15 is 0 Å². The second kappa shape index (κ2) is 8.31. The molecule has 6 heteroatoms. The quantitative estimate of drug-likeness (QED) is 0.784. The Labute approximate surface area is 163 Å². The Balaban J connectivity index is 1.85. The van der Waals surface area contributed by atoms with Crippen molar-refractivity contribution in [1.29, 1.82) is 0 Å². The van der Waals surface area contributed by atoms with Gasteiger partial charge in [-0.2, -0.15) is 4.31 Å². The van der Waals surface area contributed by atoms with Crippen molar-refractivity contribution in [1.82, 2.24) is 9.21 Å². The van der Waals surface area contributed by atoms with E-state index in [4.69, 9.17) is 0 Å². The number of likely N-dealkylation sites (tertiary alicyclic amines) is 1. The summed E-state index contributed by atoms with van der Waals surface area (Å²) in [5, 5.41) is 0.